The highest BCUT2D eigenvalue weighted by atomic mass is 32.1. The van der Waals surface area contributed by atoms with Crippen LogP contribution in [-0.4, -0.2) is 47.7 Å². The zero-order chi connectivity index (χ0) is 20.8. The quantitative estimate of drug-likeness (QED) is 0.726. The summed E-state index contributed by atoms with van der Waals surface area (Å²) >= 11 is 5.66. The number of anilines is 1. The number of morpholine rings is 1. The smallest absolute Gasteiger partial charge is 0.262 e. The maximum Gasteiger partial charge on any atom is 0.262 e. The van der Waals surface area contributed by atoms with Gasteiger partial charge in [-0.3, -0.25) is 4.79 Å². The zero-order valence-electron chi connectivity index (χ0n) is 17.2. The molecule has 1 aliphatic rings. The van der Waals surface area contributed by atoms with E-state index >= 15 is 0 Å². The Morgan fingerprint density at radius 2 is 1.79 bits per heavy atom. The largest absolute Gasteiger partial charge is 0.484 e. The lowest BCUT2D eigenvalue weighted by Crippen LogP contribution is -2.47. The molecule has 1 fully saturated rings. The zero-order valence-corrected chi connectivity index (χ0v) is 18.0. The van der Waals surface area contributed by atoms with Crippen LogP contribution in [0.5, 0.6) is 5.75 Å². The molecule has 0 aliphatic carbocycles. The fourth-order valence-electron chi connectivity index (χ4n) is 3.51. The molecule has 5 nitrogen and oxygen atoms in total. The van der Waals surface area contributed by atoms with Gasteiger partial charge in [0.05, 0.1) is 12.2 Å². The van der Waals surface area contributed by atoms with E-state index < -0.39 is 0 Å². The van der Waals surface area contributed by atoms with E-state index in [0.29, 0.717) is 5.75 Å². The lowest BCUT2D eigenvalue weighted by atomic mass is 10.1. The van der Waals surface area contributed by atoms with Gasteiger partial charge in [0.25, 0.3) is 5.91 Å². The molecule has 2 atom stereocenters. The van der Waals surface area contributed by atoms with E-state index in [9.17, 15) is 4.79 Å². The van der Waals surface area contributed by atoms with Gasteiger partial charge in [-0.1, -0.05) is 37.3 Å². The molecule has 2 aromatic carbocycles. The van der Waals surface area contributed by atoms with Crippen LogP contribution in [-0.2, 0) is 16.0 Å². The van der Waals surface area contributed by atoms with Gasteiger partial charge < -0.3 is 19.7 Å². The van der Waals surface area contributed by atoms with Gasteiger partial charge in [-0.25, -0.2) is 0 Å². The van der Waals surface area contributed by atoms with Crippen molar-refractivity contribution >= 4 is 28.8 Å². The van der Waals surface area contributed by atoms with Crippen LogP contribution in [0.4, 0.5) is 5.69 Å². The standard InChI is InChI=1S/C23H28N2O3S/c1-4-18-7-5-6-8-21(18)24-22(26)15-27-20-11-9-19(10-12-20)23(29)25-13-16(2)28-17(3)14-25/h5-12,16-17H,4,13-15H2,1-3H3,(H,24,26)/t16-,17-/m1/s1. The molecule has 0 saturated carbocycles. The van der Waals surface area contributed by atoms with Crippen LogP contribution in [0.1, 0.15) is 31.9 Å². The van der Waals surface area contributed by atoms with Crippen LogP contribution in [0.2, 0.25) is 0 Å². The maximum atomic E-state index is 12.2. The maximum absolute atomic E-state index is 12.2. The van der Waals surface area contributed by atoms with Crippen LogP contribution in [0.25, 0.3) is 0 Å². The number of nitrogens with one attached hydrogen (secondary N) is 1. The van der Waals surface area contributed by atoms with E-state index in [1.165, 1.54) is 0 Å². The fraction of sp³-hybridized carbons (Fsp3) is 0.391. The van der Waals surface area contributed by atoms with Crippen molar-refractivity contribution < 1.29 is 14.3 Å². The summed E-state index contributed by atoms with van der Waals surface area (Å²) in [5.74, 6) is 0.459. The van der Waals surface area contributed by atoms with Gasteiger partial charge in [-0.15, -0.1) is 0 Å². The average molecular weight is 413 g/mol. The first kappa shape index (κ1) is 21.3. The topological polar surface area (TPSA) is 50.8 Å². The molecular formula is C23H28N2O3S. The molecular weight excluding hydrogens is 384 g/mol. The van der Waals surface area contributed by atoms with Crippen LogP contribution < -0.4 is 10.1 Å². The van der Waals surface area contributed by atoms with E-state index in [0.717, 1.165) is 41.3 Å². The van der Waals surface area contributed by atoms with Gasteiger partial charge in [0.2, 0.25) is 0 Å². The third kappa shape index (κ3) is 5.78. The first-order valence-electron chi connectivity index (χ1n) is 10.0. The minimum atomic E-state index is -0.179. The molecule has 0 aromatic heterocycles. The number of carbonyl (C=O) groups excluding carboxylic acids is 1. The summed E-state index contributed by atoms with van der Waals surface area (Å²) in [4.78, 5) is 15.2. The Kier molecular flexibility index (Phi) is 7.23. The number of benzene rings is 2. The van der Waals surface area contributed by atoms with Crippen LogP contribution in [0.15, 0.2) is 48.5 Å². The summed E-state index contributed by atoms with van der Waals surface area (Å²) in [6, 6.07) is 15.4. The summed E-state index contributed by atoms with van der Waals surface area (Å²) in [6.45, 7) is 7.73. The second-order valence-corrected chi connectivity index (χ2v) is 7.73. The van der Waals surface area contributed by atoms with Crippen molar-refractivity contribution in [2.24, 2.45) is 0 Å². The molecule has 1 heterocycles. The van der Waals surface area contributed by atoms with Gasteiger partial charge in [-0.05, 0) is 56.2 Å². The van der Waals surface area contributed by atoms with Crippen molar-refractivity contribution in [3.05, 3.63) is 59.7 Å². The van der Waals surface area contributed by atoms with E-state index in [1.54, 1.807) is 0 Å². The molecule has 1 N–H and O–H groups in total. The summed E-state index contributed by atoms with van der Waals surface area (Å²) in [5, 5.41) is 2.91. The fourth-order valence-corrected chi connectivity index (χ4v) is 3.79. The summed E-state index contributed by atoms with van der Waals surface area (Å²) < 4.78 is 11.4. The lowest BCUT2D eigenvalue weighted by molar-refractivity contribution is -0.118. The van der Waals surface area contributed by atoms with Gasteiger partial charge in [0.15, 0.2) is 6.61 Å². The number of hydrogen-bond donors (Lipinski definition) is 1. The number of hydrogen-bond acceptors (Lipinski definition) is 4. The number of para-hydroxylation sites is 1. The van der Waals surface area contributed by atoms with Crippen molar-refractivity contribution in [2.75, 3.05) is 25.0 Å². The molecule has 1 aliphatic heterocycles. The SMILES string of the molecule is CCc1ccccc1NC(=O)COc1ccc(C(=S)N2C[C@@H](C)O[C@H](C)C2)cc1. The second kappa shape index (κ2) is 9.85. The van der Waals surface area contributed by atoms with E-state index in [2.05, 4.69) is 31.0 Å². The first-order chi connectivity index (χ1) is 14.0. The number of ether oxygens (including phenoxy) is 2. The number of thiocarbonyl (C=S) groups is 1. The number of carbonyl (C=O) groups is 1. The number of amides is 1. The molecule has 3 rings (SSSR count). The molecule has 0 unspecified atom stereocenters. The van der Waals surface area contributed by atoms with Crippen molar-refractivity contribution in [3.8, 4) is 5.75 Å². The van der Waals surface area contributed by atoms with Gasteiger partial charge in [0.1, 0.15) is 10.7 Å². The van der Waals surface area contributed by atoms with Gasteiger partial charge >= 0.3 is 0 Å². The highest BCUT2D eigenvalue weighted by Crippen LogP contribution is 2.19. The minimum absolute atomic E-state index is 0.0413. The number of rotatable bonds is 6. The Morgan fingerprint density at radius 1 is 1.14 bits per heavy atom. The third-order valence-electron chi connectivity index (χ3n) is 4.85. The highest BCUT2D eigenvalue weighted by Gasteiger charge is 2.24. The van der Waals surface area contributed by atoms with Crippen LogP contribution in [0.3, 0.4) is 0 Å². The summed E-state index contributed by atoms with van der Waals surface area (Å²) in [7, 11) is 0. The van der Waals surface area contributed by atoms with Crippen LogP contribution >= 0.6 is 12.2 Å². The number of aryl methyl sites for hydroxylation is 1. The minimum Gasteiger partial charge on any atom is -0.484 e. The molecule has 2 aromatic rings. The van der Waals surface area contributed by atoms with Crippen molar-refractivity contribution in [1.29, 1.82) is 0 Å². The van der Waals surface area contributed by atoms with Gasteiger partial charge in [-0.2, -0.15) is 0 Å². The van der Waals surface area contributed by atoms with E-state index in [-0.39, 0.29) is 24.7 Å². The third-order valence-corrected chi connectivity index (χ3v) is 5.34. The Hall–Kier alpha value is -2.44. The van der Waals surface area contributed by atoms with E-state index in [4.69, 9.17) is 21.7 Å². The van der Waals surface area contributed by atoms with Crippen molar-refractivity contribution in [3.63, 3.8) is 0 Å². The van der Waals surface area contributed by atoms with E-state index in [1.807, 2.05) is 48.5 Å². The summed E-state index contributed by atoms with van der Waals surface area (Å²) in [5.41, 5.74) is 2.90. The monoisotopic (exact) mass is 412 g/mol. The molecule has 1 amide bonds. The molecule has 0 radical (unpaired) electrons. The predicted molar refractivity (Wildman–Crippen MR) is 120 cm³/mol. The normalized spacial score (nSPS) is 18.9. The highest BCUT2D eigenvalue weighted by molar-refractivity contribution is 7.80. The first-order valence-corrected chi connectivity index (χ1v) is 10.4. The molecule has 6 heteroatoms. The molecule has 154 valence electrons. The molecule has 0 bridgehead atoms. The molecule has 1 saturated heterocycles. The summed E-state index contributed by atoms with van der Waals surface area (Å²) in [6.07, 6.45) is 1.19. The van der Waals surface area contributed by atoms with Crippen molar-refractivity contribution in [1.82, 2.24) is 4.90 Å². The second-order valence-electron chi connectivity index (χ2n) is 7.34. The van der Waals surface area contributed by atoms with Crippen LogP contribution in [0, 0.1) is 0 Å². The molecule has 29 heavy (non-hydrogen) atoms. The lowest BCUT2D eigenvalue weighted by Gasteiger charge is -2.37. The Balaban J connectivity index is 1.54. The molecule has 0 spiro atoms. The average Bonchev–Trinajstić information content (AvgIpc) is 2.72. The Labute approximate surface area is 178 Å². The Bertz CT molecular complexity index is 843. The predicted octanol–water partition coefficient (Wildman–Crippen LogP) is 4.05. The van der Waals surface area contributed by atoms with Gasteiger partial charge in [0, 0.05) is 24.3 Å². The van der Waals surface area contributed by atoms with Crippen molar-refractivity contribution in [2.45, 2.75) is 39.4 Å². The number of nitrogens with zero attached hydrogens (tertiary/aromatic N) is 1. The Morgan fingerprint density at radius 3 is 2.45 bits per heavy atom.